The summed E-state index contributed by atoms with van der Waals surface area (Å²) in [5.74, 6) is -0.480. The fourth-order valence-electron chi connectivity index (χ4n) is 3.00. The molecule has 1 aromatic heterocycles. The lowest BCUT2D eigenvalue weighted by Gasteiger charge is -2.21. The summed E-state index contributed by atoms with van der Waals surface area (Å²) < 4.78 is 99.8. The summed E-state index contributed by atoms with van der Waals surface area (Å²) in [6, 6.07) is 7.42. The molecule has 4 N–H and O–H groups in total. The molecule has 2 aromatic carbocycles. The zero-order valence-corrected chi connectivity index (χ0v) is 20.6. The van der Waals surface area contributed by atoms with Crippen LogP contribution in [-0.4, -0.2) is 33.2 Å². The van der Waals surface area contributed by atoms with E-state index in [4.69, 9.17) is 20.3 Å². The Hall–Kier alpha value is -2.55. The van der Waals surface area contributed by atoms with Crippen molar-refractivity contribution in [3.8, 4) is 16.3 Å². The summed E-state index contributed by atoms with van der Waals surface area (Å²) in [6.07, 6.45) is -9.22. The fourth-order valence-corrected chi connectivity index (χ4v) is 4.32. The van der Waals surface area contributed by atoms with Gasteiger partial charge < -0.3 is 20.3 Å². The number of alkyl halides is 6. The molecule has 16 heteroatoms. The Balaban J connectivity index is 1.75. The van der Waals surface area contributed by atoms with Crippen molar-refractivity contribution in [1.82, 2.24) is 10.2 Å². The number of ether oxygens (including phenoxy) is 1. The van der Waals surface area contributed by atoms with Gasteiger partial charge in [-0.3, -0.25) is 4.52 Å². The molecule has 0 amide bonds. The molecule has 1 atom stereocenters. The fraction of sp³-hybridized carbons (Fsp3) is 0.333. The van der Waals surface area contributed by atoms with Crippen molar-refractivity contribution >= 4 is 19.2 Å². The molecule has 0 radical (unpaired) electrons. The number of aromatic nitrogens is 2. The molecule has 0 bridgehead atoms. The van der Waals surface area contributed by atoms with E-state index in [0.29, 0.717) is 5.56 Å². The predicted molar refractivity (Wildman–Crippen MR) is 121 cm³/mol. The number of hydrogen-bond donors (Lipinski definition) is 3. The van der Waals surface area contributed by atoms with E-state index in [-0.39, 0.29) is 28.6 Å². The molecular weight excluding hydrogens is 551 g/mol. The monoisotopic (exact) mass is 571 g/mol. The molecule has 0 aliphatic rings. The van der Waals surface area contributed by atoms with E-state index in [2.05, 4.69) is 14.7 Å². The smallest absolute Gasteiger partial charge is 0.469 e. The summed E-state index contributed by atoms with van der Waals surface area (Å²) in [7, 11) is -4.81. The van der Waals surface area contributed by atoms with Crippen LogP contribution in [0.25, 0.3) is 10.6 Å². The van der Waals surface area contributed by atoms with Crippen molar-refractivity contribution in [2.75, 3.05) is 13.2 Å². The number of phosphoric ester groups is 1. The minimum absolute atomic E-state index is 0.0397. The first kappa shape index (κ1) is 29.0. The molecule has 0 spiro atoms. The first-order chi connectivity index (χ1) is 17.0. The maximum Gasteiger partial charge on any atom is 0.469 e. The number of nitrogens with two attached hydrogens (primary N) is 1. The molecule has 1 heterocycles. The largest absolute Gasteiger partial charge is 0.493 e. The molecule has 3 rings (SSSR count). The van der Waals surface area contributed by atoms with Gasteiger partial charge in [0.1, 0.15) is 15.8 Å². The molecule has 0 saturated carbocycles. The Bertz CT molecular complexity index is 1270. The van der Waals surface area contributed by atoms with Crippen LogP contribution in [0.3, 0.4) is 0 Å². The number of phosphoric acid groups is 1. The molecule has 0 fully saturated rings. The normalized spacial score (nSPS) is 14.4. The summed E-state index contributed by atoms with van der Waals surface area (Å²) in [5.41, 5.74) is 3.05. The third-order valence-corrected chi connectivity index (χ3v) is 6.63. The van der Waals surface area contributed by atoms with Crippen LogP contribution in [0, 0.1) is 0 Å². The summed E-state index contributed by atoms with van der Waals surface area (Å²) >= 11 is 0.818. The van der Waals surface area contributed by atoms with Crippen LogP contribution in [0.5, 0.6) is 5.75 Å². The van der Waals surface area contributed by atoms with Gasteiger partial charge in [-0.05, 0) is 42.8 Å². The first-order valence-corrected chi connectivity index (χ1v) is 12.6. The van der Waals surface area contributed by atoms with Crippen LogP contribution in [0.15, 0.2) is 42.5 Å². The maximum atomic E-state index is 13.7. The van der Waals surface area contributed by atoms with Crippen molar-refractivity contribution < 1.29 is 50.0 Å². The lowest BCUT2D eigenvalue weighted by molar-refractivity contribution is -0.139. The topological polar surface area (TPSA) is 128 Å². The average Bonchev–Trinajstić information content (AvgIpc) is 3.28. The summed E-state index contributed by atoms with van der Waals surface area (Å²) in [6.45, 7) is 0.523. The van der Waals surface area contributed by atoms with Gasteiger partial charge in [0.25, 0.3) is 0 Å². The molecular formula is C21H20F6N3O5PS. The van der Waals surface area contributed by atoms with Gasteiger partial charge in [-0.1, -0.05) is 23.5 Å². The van der Waals surface area contributed by atoms with Gasteiger partial charge in [0.15, 0.2) is 0 Å². The van der Waals surface area contributed by atoms with Crippen molar-refractivity contribution in [1.29, 1.82) is 0 Å². The van der Waals surface area contributed by atoms with E-state index < -0.39 is 49.2 Å². The lowest BCUT2D eigenvalue weighted by Crippen LogP contribution is -2.37. The highest BCUT2D eigenvalue weighted by Gasteiger charge is 2.36. The van der Waals surface area contributed by atoms with Crippen molar-refractivity contribution in [3.05, 3.63) is 64.2 Å². The Morgan fingerprint density at radius 3 is 2.22 bits per heavy atom. The molecule has 8 nitrogen and oxygen atoms in total. The average molecular weight is 571 g/mol. The Morgan fingerprint density at radius 1 is 1.00 bits per heavy atom. The van der Waals surface area contributed by atoms with Gasteiger partial charge in [0.05, 0.1) is 29.9 Å². The number of rotatable bonds is 9. The quantitative estimate of drug-likeness (QED) is 0.238. The SMILES string of the molecule is C[C@](N)(COP(=O)(O)O)c1nnc(-c2ccc(OCCc3ccc(C(F)(F)F)cc3)c(C(F)(F)F)c2)s1. The van der Waals surface area contributed by atoms with Crippen molar-refractivity contribution in [2.45, 2.75) is 31.2 Å². The zero-order chi connectivity index (χ0) is 27.6. The molecule has 0 unspecified atom stereocenters. The Labute approximate surface area is 210 Å². The molecule has 37 heavy (non-hydrogen) atoms. The van der Waals surface area contributed by atoms with Crippen LogP contribution < -0.4 is 10.5 Å². The van der Waals surface area contributed by atoms with Crippen molar-refractivity contribution in [3.63, 3.8) is 0 Å². The van der Waals surface area contributed by atoms with Crippen LogP contribution in [0.1, 0.15) is 28.6 Å². The second-order valence-corrected chi connectivity index (χ2v) is 10.3. The van der Waals surface area contributed by atoms with Crippen LogP contribution in [0.2, 0.25) is 0 Å². The number of nitrogens with zero attached hydrogens (tertiary/aromatic N) is 2. The zero-order valence-electron chi connectivity index (χ0n) is 18.9. The van der Waals surface area contributed by atoms with Gasteiger partial charge in [-0.2, -0.15) is 26.3 Å². The van der Waals surface area contributed by atoms with Crippen LogP contribution in [-0.2, 0) is 33.4 Å². The summed E-state index contributed by atoms with van der Waals surface area (Å²) in [5, 5.41) is 7.77. The van der Waals surface area contributed by atoms with Gasteiger partial charge in [0, 0.05) is 12.0 Å². The summed E-state index contributed by atoms with van der Waals surface area (Å²) in [4.78, 5) is 17.7. The minimum atomic E-state index is -4.81. The lowest BCUT2D eigenvalue weighted by atomic mass is 10.1. The van der Waals surface area contributed by atoms with Gasteiger partial charge in [-0.15, -0.1) is 10.2 Å². The highest BCUT2D eigenvalue weighted by atomic mass is 32.1. The van der Waals surface area contributed by atoms with Crippen LogP contribution in [0.4, 0.5) is 26.3 Å². The number of hydrogen-bond acceptors (Lipinski definition) is 7. The van der Waals surface area contributed by atoms with E-state index in [1.165, 1.54) is 25.1 Å². The van der Waals surface area contributed by atoms with Crippen LogP contribution >= 0.6 is 19.2 Å². The molecule has 3 aromatic rings. The van der Waals surface area contributed by atoms with E-state index in [1.807, 2.05) is 0 Å². The number of benzene rings is 2. The van der Waals surface area contributed by atoms with Crippen molar-refractivity contribution in [2.24, 2.45) is 5.73 Å². The second kappa shape index (κ2) is 10.7. The number of halogens is 6. The van der Waals surface area contributed by atoms with Gasteiger partial charge in [-0.25, -0.2) is 4.57 Å². The van der Waals surface area contributed by atoms with E-state index in [9.17, 15) is 30.9 Å². The molecule has 0 saturated heterocycles. The Morgan fingerprint density at radius 2 is 1.65 bits per heavy atom. The van der Waals surface area contributed by atoms with E-state index in [0.717, 1.165) is 35.6 Å². The Kier molecular flexibility index (Phi) is 8.37. The third kappa shape index (κ3) is 7.97. The van der Waals surface area contributed by atoms with E-state index >= 15 is 0 Å². The van der Waals surface area contributed by atoms with Gasteiger partial charge in [0.2, 0.25) is 0 Å². The molecule has 0 aliphatic carbocycles. The standard InChI is InChI=1S/C21H20F6N3O5PS/c1-19(28,11-35-36(31,32)33)18-30-29-17(37-18)13-4-7-16(15(10-13)21(25,26)27)34-9-8-12-2-5-14(6-3-12)20(22,23)24/h2-7,10H,8-9,11,28H2,1H3,(H2,31,32,33)/t19-/m0/s1. The van der Waals surface area contributed by atoms with E-state index in [1.54, 1.807) is 0 Å². The van der Waals surface area contributed by atoms with Gasteiger partial charge >= 0.3 is 20.2 Å². The first-order valence-electron chi connectivity index (χ1n) is 10.3. The third-order valence-electron chi connectivity index (χ3n) is 4.91. The maximum absolute atomic E-state index is 13.7. The predicted octanol–water partition coefficient (Wildman–Crippen LogP) is 5.15. The second-order valence-electron chi connectivity index (χ2n) is 8.10. The molecule has 202 valence electrons. The molecule has 0 aliphatic heterocycles. The highest BCUT2D eigenvalue weighted by Crippen LogP contribution is 2.41. The highest BCUT2D eigenvalue weighted by molar-refractivity contribution is 7.46. The minimum Gasteiger partial charge on any atom is -0.493 e.